The van der Waals surface area contributed by atoms with Gasteiger partial charge in [-0.05, 0) is 42.2 Å². The van der Waals surface area contributed by atoms with E-state index in [1.54, 1.807) is 24.3 Å². The average molecular weight is 347 g/mol. The molecule has 1 amide bonds. The molecule has 5 nitrogen and oxygen atoms in total. The second-order valence-corrected chi connectivity index (χ2v) is 7.45. The molecule has 0 saturated heterocycles. The molecule has 3 atom stereocenters. The summed E-state index contributed by atoms with van der Waals surface area (Å²) in [6, 6.07) is 6.97. The van der Waals surface area contributed by atoms with Crippen LogP contribution in [0.5, 0.6) is 0 Å². The second-order valence-electron chi connectivity index (χ2n) is 7.45. The summed E-state index contributed by atoms with van der Waals surface area (Å²) in [5.41, 5.74) is 1.13. The zero-order chi connectivity index (χ0) is 18.4. The molecule has 0 aromatic heterocycles. The monoisotopic (exact) mass is 347 g/mol. The first kappa shape index (κ1) is 19.4. The van der Waals surface area contributed by atoms with Crippen LogP contribution in [-0.4, -0.2) is 29.7 Å². The molecule has 2 N–H and O–H groups in total. The third-order valence-corrected chi connectivity index (χ3v) is 5.02. The van der Waals surface area contributed by atoms with Crippen molar-refractivity contribution in [3.05, 3.63) is 29.8 Å². The van der Waals surface area contributed by atoms with Gasteiger partial charge in [0.1, 0.15) is 6.61 Å². The van der Waals surface area contributed by atoms with E-state index in [4.69, 9.17) is 9.84 Å². The minimum Gasteiger partial charge on any atom is -0.481 e. The van der Waals surface area contributed by atoms with Crippen LogP contribution in [0.25, 0.3) is 0 Å². The molecular weight excluding hydrogens is 318 g/mol. The fraction of sp³-hybridized carbons (Fsp3) is 0.600. The van der Waals surface area contributed by atoms with Crippen LogP contribution >= 0.6 is 0 Å². The number of carboxylic acids is 1. The summed E-state index contributed by atoms with van der Waals surface area (Å²) in [5.74, 6) is 0.493. The van der Waals surface area contributed by atoms with Crippen molar-refractivity contribution in [3.8, 4) is 0 Å². The molecule has 3 unspecified atom stereocenters. The van der Waals surface area contributed by atoms with E-state index in [1.807, 2.05) is 0 Å². The van der Waals surface area contributed by atoms with Gasteiger partial charge in [-0.1, -0.05) is 45.4 Å². The van der Waals surface area contributed by atoms with E-state index in [0.29, 0.717) is 29.0 Å². The van der Waals surface area contributed by atoms with Gasteiger partial charge in [0.05, 0.1) is 12.5 Å². The third kappa shape index (κ3) is 5.85. The number of carboxylic acid groups (broad SMARTS) is 1. The predicted octanol–water partition coefficient (Wildman–Crippen LogP) is 3.73. The zero-order valence-corrected chi connectivity index (χ0v) is 15.3. The van der Waals surface area contributed by atoms with Crippen molar-refractivity contribution < 1.29 is 19.4 Å². The Hall–Kier alpha value is -1.88. The van der Waals surface area contributed by atoms with Crippen LogP contribution in [0.3, 0.4) is 0 Å². The quantitative estimate of drug-likeness (QED) is 0.788. The number of hydrogen-bond acceptors (Lipinski definition) is 3. The number of anilines is 1. The number of ether oxygens (including phenoxy) is 1. The summed E-state index contributed by atoms with van der Waals surface area (Å²) in [6.45, 7) is 6.65. The minimum absolute atomic E-state index is 0.00200. The molecule has 1 aromatic rings. The summed E-state index contributed by atoms with van der Waals surface area (Å²) < 4.78 is 5.95. The summed E-state index contributed by atoms with van der Waals surface area (Å²) in [6.07, 6.45) is 3.35. The lowest BCUT2D eigenvalue weighted by Gasteiger charge is -2.37. The van der Waals surface area contributed by atoms with Gasteiger partial charge in [-0.15, -0.1) is 0 Å². The number of carbonyl (C=O) groups excluding carboxylic acids is 1. The van der Waals surface area contributed by atoms with E-state index < -0.39 is 5.97 Å². The molecule has 1 saturated carbocycles. The maximum atomic E-state index is 12.3. The van der Waals surface area contributed by atoms with Gasteiger partial charge in [0.15, 0.2) is 0 Å². The number of amides is 1. The van der Waals surface area contributed by atoms with Crippen LogP contribution < -0.4 is 5.32 Å². The van der Waals surface area contributed by atoms with Crippen LogP contribution in [-0.2, 0) is 20.7 Å². The lowest BCUT2D eigenvalue weighted by Crippen LogP contribution is -2.36. The molecule has 25 heavy (non-hydrogen) atoms. The molecule has 2 rings (SSSR count). The van der Waals surface area contributed by atoms with Gasteiger partial charge < -0.3 is 15.2 Å². The van der Waals surface area contributed by atoms with Gasteiger partial charge in [-0.25, -0.2) is 0 Å². The van der Waals surface area contributed by atoms with Crippen molar-refractivity contribution in [1.29, 1.82) is 0 Å². The molecule has 138 valence electrons. The van der Waals surface area contributed by atoms with Crippen LogP contribution in [0.2, 0.25) is 0 Å². The fourth-order valence-corrected chi connectivity index (χ4v) is 3.63. The van der Waals surface area contributed by atoms with Crippen molar-refractivity contribution >= 4 is 17.6 Å². The number of hydrogen-bond donors (Lipinski definition) is 2. The number of benzene rings is 1. The van der Waals surface area contributed by atoms with Gasteiger partial charge in [-0.2, -0.15) is 0 Å². The molecule has 0 bridgehead atoms. The van der Waals surface area contributed by atoms with Crippen LogP contribution in [0.15, 0.2) is 24.3 Å². The van der Waals surface area contributed by atoms with Crippen molar-refractivity contribution in [2.75, 3.05) is 11.9 Å². The Balaban J connectivity index is 1.93. The van der Waals surface area contributed by atoms with Crippen molar-refractivity contribution in [2.45, 2.75) is 52.6 Å². The molecule has 0 aliphatic heterocycles. The number of rotatable bonds is 7. The molecule has 0 spiro atoms. The Morgan fingerprint density at radius 2 is 2.00 bits per heavy atom. The lowest BCUT2D eigenvalue weighted by molar-refractivity contribution is -0.136. The van der Waals surface area contributed by atoms with E-state index in [0.717, 1.165) is 12.8 Å². The highest BCUT2D eigenvalue weighted by atomic mass is 16.5. The molecule has 1 aliphatic carbocycles. The third-order valence-electron chi connectivity index (χ3n) is 5.02. The van der Waals surface area contributed by atoms with Gasteiger partial charge in [-0.3, -0.25) is 9.59 Å². The maximum absolute atomic E-state index is 12.3. The smallest absolute Gasteiger partial charge is 0.307 e. The maximum Gasteiger partial charge on any atom is 0.307 e. The number of carbonyl (C=O) groups is 2. The Labute approximate surface area is 149 Å². The van der Waals surface area contributed by atoms with Gasteiger partial charge in [0, 0.05) is 5.69 Å². The van der Waals surface area contributed by atoms with Gasteiger partial charge >= 0.3 is 5.97 Å². The lowest BCUT2D eigenvalue weighted by atomic mass is 9.75. The first-order chi connectivity index (χ1) is 11.9. The van der Waals surface area contributed by atoms with E-state index in [9.17, 15) is 9.59 Å². The Morgan fingerprint density at radius 3 is 2.68 bits per heavy atom. The average Bonchev–Trinajstić information content (AvgIpc) is 2.54. The number of aliphatic carboxylic acids is 1. The van der Waals surface area contributed by atoms with Crippen molar-refractivity contribution in [2.24, 2.45) is 17.8 Å². The zero-order valence-electron chi connectivity index (χ0n) is 15.3. The molecule has 1 aliphatic rings. The van der Waals surface area contributed by atoms with E-state index in [-0.39, 0.29) is 25.0 Å². The van der Waals surface area contributed by atoms with E-state index in [2.05, 4.69) is 26.1 Å². The Bertz CT molecular complexity index is 599. The SMILES string of the molecule is CC1CCC(C(C)C)C(OCC(=O)Nc2ccccc2CC(=O)O)C1. The second kappa shape index (κ2) is 8.99. The van der Waals surface area contributed by atoms with Crippen molar-refractivity contribution in [1.82, 2.24) is 0 Å². The molecular formula is C20H29NO4. The Kier molecular flexibility index (Phi) is 7.00. The predicted molar refractivity (Wildman–Crippen MR) is 97.5 cm³/mol. The first-order valence-electron chi connectivity index (χ1n) is 9.08. The largest absolute Gasteiger partial charge is 0.481 e. The number of nitrogens with one attached hydrogen (secondary N) is 1. The Morgan fingerprint density at radius 1 is 1.28 bits per heavy atom. The fourth-order valence-electron chi connectivity index (χ4n) is 3.63. The highest BCUT2D eigenvalue weighted by Crippen LogP contribution is 2.35. The summed E-state index contributed by atoms with van der Waals surface area (Å²) in [7, 11) is 0. The summed E-state index contributed by atoms with van der Waals surface area (Å²) >= 11 is 0. The van der Waals surface area contributed by atoms with Gasteiger partial charge in [0.2, 0.25) is 5.91 Å². The van der Waals surface area contributed by atoms with Crippen LogP contribution in [0, 0.1) is 17.8 Å². The summed E-state index contributed by atoms with van der Waals surface area (Å²) in [4.78, 5) is 23.2. The molecule has 1 aromatic carbocycles. The number of para-hydroxylation sites is 1. The molecule has 1 fully saturated rings. The van der Waals surface area contributed by atoms with Crippen LogP contribution in [0.1, 0.15) is 45.6 Å². The van der Waals surface area contributed by atoms with Crippen LogP contribution in [0.4, 0.5) is 5.69 Å². The molecule has 0 radical (unpaired) electrons. The highest BCUT2D eigenvalue weighted by molar-refractivity contribution is 5.93. The topological polar surface area (TPSA) is 75.6 Å². The van der Waals surface area contributed by atoms with E-state index >= 15 is 0 Å². The normalized spacial score (nSPS) is 23.4. The molecule has 0 heterocycles. The first-order valence-corrected chi connectivity index (χ1v) is 9.08. The minimum atomic E-state index is -0.922. The summed E-state index contributed by atoms with van der Waals surface area (Å²) in [5, 5.41) is 11.8. The standard InChI is InChI=1S/C20H29NO4/c1-13(2)16-9-8-14(3)10-18(16)25-12-19(22)21-17-7-5-4-6-15(17)11-20(23)24/h4-7,13-14,16,18H,8-12H2,1-3H3,(H,21,22)(H,23,24). The van der Waals surface area contributed by atoms with Crippen molar-refractivity contribution in [3.63, 3.8) is 0 Å². The van der Waals surface area contributed by atoms with Gasteiger partial charge in [0.25, 0.3) is 0 Å². The molecule has 5 heteroatoms. The highest BCUT2D eigenvalue weighted by Gasteiger charge is 2.31. The van der Waals surface area contributed by atoms with E-state index in [1.165, 1.54) is 6.42 Å².